The average Bonchev–Trinajstić information content (AvgIpc) is 3.61. The molecule has 7 rings (SSSR count). The van der Waals surface area contributed by atoms with Gasteiger partial charge in [-0.1, -0.05) is 43.9 Å². The van der Waals surface area contributed by atoms with Gasteiger partial charge < -0.3 is 0 Å². The van der Waals surface area contributed by atoms with Crippen molar-refractivity contribution in [1.82, 2.24) is 9.38 Å². The number of aryl methyl sites for hydroxylation is 2. The SMILES string of the molecule is Cc1ccnc2c3c(C4CCCC4)c(C4CCCC4)ccc3n3c4ccccc4[n+](C)c3c12. The van der Waals surface area contributed by atoms with E-state index in [-0.39, 0.29) is 0 Å². The van der Waals surface area contributed by atoms with E-state index in [0.29, 0.717) is 5.92 Å². The number of nitrogens with zero attached hydrogens (tertiary/aromatic N) is 3. The lowest BCUT2D eigenvalue weighted by Crippen LogP contribution is -2.27. The van der Waals surface area contributed by atoms with E-state index in [4.69, 9.17) is 4.98 Å². The van der Waals surface area contributed by atoms with Gasteiger partial charge in [0.1, 0.15) is 5.52 Å². The van der Waals surface area contributed by atoms with Crippen LogP contribution in [0.1, 0.15) is 79.9 Å². The highest BCUT2D eigenvalue weighted by atomic mass is 15.1. The molecule has 3 heterocycles. The predicted molar refractivity (Wildman–Crippen MR) is 136 cm³/mol. The monoisotopic (exact) mass is 434 g/mol. The van der Waals surface area contributed by atoms with Crippen molar-refractivity contribution in [3.63, 3.8) is 0 Å². The quantitative estimate of drug-likeness (QED) is 0.212. The van der Waals surface area contributed by atoms with Crippen LogP contribution in [0.2, 0.25) is 0 Å². The minimum Gasteiger partial charge on any atom is -0.255 e. The van der Waals surface area contributed by atoms with Crippen molar-refractivity contribution in [2.45, 2.75) is 70.1 Å². The lowest BCUT2D eigenvalue weighted by Gasteiger charge is -2.22. The number of hydrogen-bond acceptors (Lipinski definition) is 1. The summed E-state index contributed by atoms with van der Waals surface area (Å²) in [4.78, 5) is 5.10. The van der Waals surface area contributed by atoms with Gasteiger partial charge >= 0.3 is 0 Å². The van der Waals surface area contributed by atoms with Crippen LogP contribution in [0.5, 0.6) is 0 Å². The van der Waals surface area contributed by atoms with E-state index >= 15 is 0 Å². The first-order valence-electron chi connectivity index (χ1n) is 12.9. The van der Waals surface area contributed by atoms with Gasteiger partial charge in [-0.2, -0.15) is 4.40 Å². The van der Waals surface area contributed by atoms with E-state index in [2.05, 4.69) is 65.4 Å². The lowest BCUT2D eigenvalue weighted by atomic mass is 9.82. The van der Waals surface area contributed by atoms with Crippen molar-refractivity contribution >= 4 is 38.5 Å². The molecule has 0 unspecified atom stereocenters. The van der Waals surface area contributed by atoms with Gasteiger partial charge in [-0.05, 0) is 85.4 Å². The molecule has 0 radical (unpaired) electrons. The van der Waals surface area contributed by atoms with E-state index in [1.54, 1.807) is 11.1 Å². The Kier molecular flexibility index (Phi) is 4.31. The Bertz CT molecular complexity index is 1550. The summed E-state index contributed by atoms with van der Waals surface area (Å²) in [6.45, 7) is 2.25. The summed E-state index contributed by atoms with van der Waals surface area (Å²) in [6, 6.07) is 16.0. The summed E-state index contributed by atoms with van der Waals surface area (Å²) in [5.41, 5.74) is 10.9. The minimum absolute atomic E-state index is 0.669. The topological polar surface area (TPSA) is 21.2 Å². The molecule has 5 aromatic rings. The van der Waals surface area contributed by atoms with Crippen molar-refractivity contribution in [3.05, 3.63) is 65.4 Å². The van der Waals surface area contributed by atoms with Crippen LogP contribution in [0.25, 0.3) is 38.5 Å². The molecule has 33 heavy (non-hydrogen) atoms. The van der Waals surface area contributed by atoms with Gasteiger partial charge in [-0.3, -0.25) is 4.98 Å². The summed E-state index contributed by atoms with van der Waals surface area (Å²) in [5, 5.41) is 2.74. The molecule has 2 saturated carbocycles. The normalized spacial score (nSPS) is 18.0. The Hall–Kier alpha value is -2.94. The third kappa shape index (κ3) is 2.68. The van der Waals surface area contributed by atoms with Crippen LogP contribution in [0.15, 0.2) is 48.7 Å². The molecule has 0 aliphatic heterocycles. The van der Waals surface area contributed by atoms with Crippen LogP contribution in [0.3, 0.4) is 0 Å². The Morgan fingerprint density at radius 3 is 2.33 bits per heavy atom. The molecule has 0 spiro atoms. The predicted octanol–water partition coefficient (Wildman–Crippen LogP) is 7.24. The van der Waals surface area contributed by atoms with E-state index in [1.165, 1.54) is 95.4 Å². The molecule has 0 N–H and O–H groups in total. The van der Waals surface area contributed by atoms with Crippen molar-refractivity contribution in [1.29, 1.82) is 0 Å². The third-order valence-corrected chi connectivity index (χ3v) is 8.69. The second-order valence-corrected chi connectivity index (χ2v) is 10.5. The van der Waals surface area contributed by atoms with Crippen LogP contribution in [-0.2, 0) is 7.05 Å². The summed E-state index contributed by atoms with van der Waals surface area (Å²) in [7, 11) is 2.21. The zero-order chi connectivity index (χ0) is 22.1. The molecule has 2 aromatic carbocycles. The van der Waals surface area contributed by atoms with E-state index in [0.717, 1.165) is 5.92 Å². The number of para-hydroxylation sites is 2. The fourth-order valence-corrected chi connectivity index (χ4v) is 7.17. The van der Waals surface area contributed by atoms with Gasteiger partial charge in [0.05, 0.1) is 23.3 Å². The standard InChI is InChI=1S/C30H32N3/c1-19-17-18-31-29-26(19)30-32(2)23-13-7-8-14-24(23)33(30)25-16-15-22(20-9-3-4-10-20)27(28(25)29)21-11-5-6-12-21/h7-8,13-18,20-21H,3-6,9-12H2,1-2H3/q+1. The number of fused-ring (bicyclic) bond motifs is 8. The highest BCUT2D eigenvalue weighted by Gasteiger charge is 2.32. The molecule has 3 heteroatoms. The molecule has 2 fully saturated rings. The van der Waals surface area contributed by atoms with Gasteiger partial charge in [0.25, 0.3) is 5.65 Å². The van der Waals surface area contributed by atoms with E-state index in [1.807, 2.05) is 6.20 Å². The fourth-order valence-electron chi connectivity index (χ4n) is 7.17. The molecule has 0 bridgehead atoms. The Labute approximate surface area is 195 Å². The van der Waals surface area contributed by atoms with Gasteiger partial charge in [-0.25, -0.2) is 4.57 Å². The third-order valence-electron chi connectivity index (χ3n) is 8.69. The molecule has 3 nitrogen and oxygen atoms in total. The molecule has 3 aromatic heterocycles. The van der Waals surface area contributed by atoms with E-state index < -0.39 is 0 Å². The van der Waals surface area contributed by atoms with Crippen molar-refractivity contribution in [2.24, 2.45) is 7.05 Å². The zero-order valence-electron chi connectivity index (χ0n) is 19.8. The van der Waals surface area contributed by atoms with Crippen molar-refractivity contribution in [2.75, 3.05) is 0 Å². The molecule has 0 saturated heterocycles. The number of imidazole rings is 1. The first-order chi connectivity index (χ1) is 16.2. The van der Waals surface area contributed by atoms with Crippen LogP contribution < -0.4 is 4.57 Å². The second kappa shape index (κ2) is 7.28. The van der Waals surface area contributed by atoms with Gasteiger partial charge in [0, 0.05) is 6.20 Å². The summed E-state index contributed by atoms with van der Waals surface area (Å²) in [5.74, 6) is 1.39. The van der Waals surface area contributed by atoms with Gasteiger partial charge in [0.2, 0.25) is 0 Å². The number of hydrogen-bond donors (Lipinski definition) is 0. The highest BCUT2D eigenvalue weighted by molar-refractivity contribution is 6.13. The van der Waals surface area contributed by atoms with E-state index in [9.17, 15) is 0 Å². The summed E-state index contributed by atoms with van der Waals surface area (Å²) in [6.07, 6.45) is 12.8. The molecule has 2 aliphatic rings. The molecule has 0 atom stereocenters. The van der Waals surface area contributed by atoms with Crippen molar-refractivity contribution < 1.29 is 4.57 Å². The fraction of sp³-hybridized carbons (Fsp3) is 0.400. The van der Waals surface area contributed by atoms with Crippen LogP contribution in [-0.4, -0.2) is 9.38 Å². The lowest BCUT2D eigenvalue weighted by molar-refractivity contribution is -0.617. The number of pyridine rings is 2. The van der Waals surface area contributed by atoms with Crippen LogP contribution in [0.4, 0.5) is 0 Å². The van der Waals surface area contributed by atoms with Crippen molar-refractivity contribution in [3.8, 4) is 0 Å². The zero-order valence-corrected chi connectivity index (χ0v) is 19.8. The maximum Gasteiger partial charge on any atom is 0.297 e. The second-order valence-electron chi connectivity index (χ2n) is 10.5. The van der Waals surface area contributed by atoms with Gasteiger partial charge in [0.15, 0.2) is 11.0 Å². The van der Waals surface area contributed by atoms with Gasteiger partial charge in [-0.15, -0.1) is 0 Å². The van der Waals surface area contributed by atoms with Crippen LogP contribution in [0, 0.1) is 6.92 Å². The maximum atomic E-state index is 5.10. The Balaban J connectivity index is 1.75. The molecule has 166 valence electrons. The molecular weight excluding hydrogens is 402 g/mol. The molecule has 0 amide bonds. The Morgan fingerprint density at radius 1 is 0.818 bits per heavy atom. The summed E-state index contributed by atoms with van der Waals surface area (Å²) >= 11 is 0. The van der Waals surface area contributed by atoms with Crippen LogP contribution >= 0.6 is 0 Å². The maximum absolute atomic E-state index is 5.10. The number of rotatable bonds is 2. The minimum atomic E-state index is 0.669. The number of benzene rings is 2. The Morgan fingerprint density at radius 2 is 1.55 bits per heavy atom. The first kappa shape index (κ1) is 19.5. The first-order valence-corrected chi connectivity index (χ1v) is 12.9. The summed E-state index contributed by atoms with van der Waals surface area (Å²) < 4.78 is 4.89. The average molecular weight is 435 g/mol. The smallest absolute Gasteiger partial charge is 0.255 e. The molecular formula is C30H32N3+. The molecule has 2 aliphatic carbocycles. The highest BCUT2D eigenvalue weighted by Crippen LogP contribution is 2.47. The largest absolute Gasteiger partial charge is 0.297 e. The number of aromatic nitrogens is 3.